The van der Waals surface area contributed by atoms with Gasteiger partial charge in [0.25, 0.3) is 0 Å². The van der Waals surface area contributed by atoms with Gasteiger partial charge in [0.15, 0.2) is 0 Å². The van der Waals surface area contributed by atoms with Crippen LogP contribution in [0.3, 0.4) is 0 Å². The lowest BCUT2D eigenvalue weighted by molar-refractivity contribution is 0.601. The van der Waals surface area contributed by atoms with Gasteiger partial charge in [-0.15, -0.1) is 0 Å². The van der Waals surface area contributed by atoms with Gasteiger partial charge in [0.1, 0.15) is 5.82 Å². The maximum atomic E-state index is 14.6. The normalized spacial score (nSPS) is 11.0. The van der Waals surface area contributed by atoms with Gasteiger partial charge in [-0.25, -0.2) is 27.5 Å². The molecule has 0 aliphatic rings. The summed E-state index contributed by atoms with van der Waals surface area (Å²) in [7, 11) is -2.70. The summed E-state index contributed by atoms with van der Waals surface area (Å²) in [6.45, 7) is 0.143. The molecule has 0 fully saturated rings. The second-order valence-corrected chi connectivity index (χ2v) is 6.10. The molecule has 0 saturated heterocycles. The van der Waals surface area contributed by atoms with Crippen LogP contribution >= 0.6 is 0 Å². The number of anilines is 1. The number of hydrogen-bond acceptors (Lipinski definition) is 5. The quantitative estimate of drug-likeness (QED) is 0.607. The summed E-state index contributed by atoms with van der Waals surface area (Å²) < 4.78 is 38.4. The molecule has 0 bridgehead atoms. The molecular formula is C17H15FN4O2S. The molecule has 1 aromatic heterocycles. The van der Waals surface area contributed by atoms with Gasteiger partial charge in [-0.3, -0.25) is 0 Å². The van der Waals surface area contributed by atoms with Crippen LogP contribution in [0.5, 0.6) is 0 Å². The zero-order valence-corrected chi connectivity index (χ0v) is 13.9. The predicted molar refractivity (Wildman–Crippen MR) is 94.4 cm³/mol. The molecule has 6 nitrogen and oxygen atoms in total. The lowest BCUT2D eigenvalue weighted by Crippen LogP contribution is -2.11. The first-order valence-electron chi connectivity index (χ1n) is 7.38. The molecule has 0 spiro atoms. The second kappa shape index (κ2) is 7.37. The molecule has 128 valence electrons. The Labute approximate surface area is 145 Å². The molecular weight excluding hydrogens is 343 g/mol. The first-order valence-corrected chi connectivity index (χ1v) is 8.56. The third-order valence-corrected chi connectivity index (χ3v) is 4.10. The number of nitrogens with zero attached hydrogens (tertiary/aromatic N) is 2. The van der Waals surface area contributed by atoms with E-state index in [9.17, 15) is 12.8 Å². The Morgan fingerprint density at radius 1 is 1.00 bits per heavy atom. The Balaban J connectivity index is 1.97. The van der Waals surface area contributed by atoms with Crippen LogP contribution in [0.25, 0.3) is 22.3 Å². The van der Waals surface area contributed by atoms with Crippen LogP contribution in [0.1, 0.15) is 5.56 Å². The van der Waals surface area contributed by atoms with Crippen molar-refractivity contribution in [2.45, 2.75) is 6.54 Å². The molecule has 1 heterocycles. The number of benzene rings is 2. The van der Waals surface area contributed by atoms with Crippen molar-refractivity contribution < 1.29 is 12.8 Å². The van der Waals surface area contributed by atoms with Gasteiger partial charge >= 0.3 is 0 Å². The van der Waals surface area contributed by atoms with Gasteiger partial charge in [0, 0.05) is 30.1 Å². The molecule has 2 aromatic carbocycles. The fraction of sp³-hybridized carbons (Fsp3) is 0.0588. The topological polar surface area (TPSA) is 98.0 Å². The number of nitrogens with one attached hydrogen (secondary N) is 1. The van der Waals surface area contributed by atoms with Crippen LogP contribution in [-0.4, -0.2) is 18.4 Å². The van der Waals surface area contributed by atoms with E-state index in [0.717, 1.165) is 11.1 Å². The summed E-state index contributed by atoms with van der Waals surface area (Å²) in [5.74, 6) is -0.303. The SMILES string of the molecule is Nc1ncc(-c2ccc(-c3ccccc3CN[SH](=O)=O)cc2F)cn1. The third kappa shape index (κ3) is 3.98. The molecule has 0 radical (unpaired) electrons. The summed E-state index contributed by atoms with van der Waals surface area (Å²) in [6.07, 6.45) is 2.92. The minimum atomic E-state index is -2.70. The van der Waals surface area contributed by atoms with E-state index in [1.165, 1.54) is 18.5 Å². The maximum Gasteiger partial charge on any atom is 0.219 e. The molecule has 0 atom stereocenters. The zero-order valence-electron chi connectivity index (χ0n) is 13.0. The van der Waals surface area contributed by atoms with Crippen molar-refractivity contribution >= 4 is 16.8 Å². The number of rotatable bonds is 5. The summed E-state index contributed by atoms with van der Waals surface area (Å²) in [5.41, 5.74) is 8.49. The lowest BCUT2D eigenvalue weighted by Gasteiger charge is -2.11. The van der Waals surface area contributed by atoms with Crippen molar-refractivity contribution in [1.29, 1.82) is 0 Å². The van der Waals surface area contributed by atoms with Crippen molar-refractivity contribution in [3.63, 3.8) is 0 Å². The fourth-order valence-electron chi connectivity index (χ4n) is 2.50. The molecule has 0 aliphatic carbocycles. The Kier molecular flexibility index (Phi) is 5.01. The predicted octanol–water partition coefficient (Wildman–Crippen LogP) is 2.15. The van der Waals surface area contributed by atoms with E-state index in [4.69, 9.17) is 5.73 Å². The van der Waals surface area contributed by atoms with E-state index in [1.807, 2.05) is 12.1 Å². The summed E-state index contributed by atoms with van der Waals surface area (Å²) >= 11 is 0. The molecule has 8 heteroatoms. The molecule has 0 aliphatic heterocycles. The summed E-state index contributed by atoms with van der Waals surface area (Å²) in [5, 5.41) is 0. The number of thiol groups is 1. The van der Waals surface area contributed by atoms with Crippen molar-refractivity contribution in [2.75, 3.05) is 5.73 Å². The fourth-order valence-corrected chi connectivity index (χ4v) is 2.80. The lowest BCUT2D eigenvalue weighted by atomic mass is 9.97. The third-order valence-electron chi connectivity index (χ3n) is 3.68. The smallest absolute Gasteiger partial charge is 0.219 e. The van der Waals surface area contributed by atoms with E-state index >= 15 is 0 Å². The number of hydrogen-bond donors (Lipinski definition) is 3. The van der Waals surface area contributed by atoms with Gasteiger partial charge in [0.05, 0.1) is 0 Å². The van der Waals surface area contributed by atoms with Crippen molar-refractivity contribution in [3.8, 4) is 22.3 Å². The highest BCUT2D eigenvalue weighted by molar-refractivity contribution is 7.70. The molecule has 3 N–H and O–H groups in total. The number of halogens is 1. The maximum absolute atomic E-state index is 14.6. The average molecular weight is 358 g/mol. The Morgan fingerprint density at radius 2 is 1.72 bits per heavy atom. The molecule has 3 aromatic rings. The van der Waals surface area contributed by atoms with Gasteiger partial charge in [-0.1, -0.05) is 36.4 Å². The minimum absolute atomic E-state index is 0.124. The first kappa shape index (κ1) is 17.0. The van der Waals surface area contributed by atoms with Crippen LogP contribution in [0.2, 0.25) is 0 Å². The van der Waals surface area contributed by atoms with E-state index in [2.05, 4.69) is 14.7 Å². The Hall–Kier alpha value is -2.84. The Bertz CT molecular complexity index is 967. The summed E-state index contributed by atoms with van der Waals surface area (Å²) in [4.78, 5) is 7.73. The monoisotopic (exact) mass is 358 g/mol. The van der Waals surface area contributed by atoms with Crippen molar-refractivity contribution in [1.82, 2.24) is 14.7 Å². The second-order valence-electron chi connectivity index (χ2n) is 5.27. The highest BCUT2D eigenvalue weighted by Gasteiger charge is 2.10. The standard InChI is InChI=1S/C17H15FN4O2S/c18-16-7-11(5-6-15(16)13-8-20-17(19)21-9-13)14-4-2-1-3-12(14)10-22-25(23)24/h1-9,25H,10H2,(H2,19,20,21)(H,22,23,24). The van der Waals surface area contributed by atoms with Crippen LogP contribution in [-0.2, 0) is 17.4 Å². The first-order chi connectivity index (χ1) is 12.0. The van der Waals surface area contributed by atoms with Gasteiger partial charge in [-0.2, -0.15) is 0 Å². The van der Waals surface area contributed by atoms with E-state index in [-0.39, 0.29) is 12.5 Å². The molecule has 3 rings (SSSR count). The number of aromatic nitrogens is 2. The minimum Gasteiger partial charge on any atom is -0.368 e. The molecule has 0 saturated carbocycles. The van der Waals surface area contributed by atoms with Crippen molar-refractivity contribution in [3.05, 3.63) is 66.2 Å². The highest BCUT2D eigenvalue weighted by atomic mass is 32.2. The van der Waals surface area contributed by atoms with Crippen molar-refractivity contribution in [2.24, 2.45) is 0 Å². The molecule has 25 heavy (non-hydrogen) atoms. The van der Waals surface area contributed by atoms with E-state index < -0.39 is 16.7 Å². The van der Waals surface area contributed by atoms with Gasteiger partial charge in [-0.05, 0) is 22.8 Å². The van der Waals surface area contributed by atoms with Gasteiger partial charge in [0.2, 0.25) is 16.8 Å². The highest BCUT2D eigenvalue weighted by Crippen LogP contribution is 2.29. The van der Waals surface area contributed by atoms with Crippen LogP contribution in [0.4, 0.5) is 10.3 Å². The van der Waals surface area contributed by atoms with E-state index in [1.54, 1.807) is 24.3 Å². The average Bonchev–Trinajstić information content (AvgIpc) is 2.61. The Morgan fingerprint density at radius 3 is 2.40 bits per heavy atom. The summed E-state index contributed by atoms with van der Waals surface area (Å²) in [6, 6.07) is 12.0. The largest absolute Gasteiger partial charge is 0.368 e. The molecule has 0 amide bonds. The zero-order chi connectivity index (χ0) is 17.8. The van der Waals surface area contributed by atoms with Crippen LogP contribution in [0, 0.1) is 5.82 Å². The molecule has 0 unspecified atom stereocenters. The van der Waals surface area contributed by atoms with E-state index in [0.29, 0.717) is 16.7 Å². The van der Waals surface area contributed by atoms with Gasteiger partial charge < -0.3 is 5.73 Å². The van der Waals surface area contributed by atoms with Crippen LogP contribution in [0.15, 0.2) is 54.9 Å². The number of nitrogens with two attached hydrogens (primary N) is 1. The van der Waals surface area contributed by atoms with Crippen LogP contribution < -0.4 is 10.5 Å². The number of nitrogen functional groups attached to an aromatic ring is 1.